The number of ether oxygens (including phenoxy) is 1. The van der Waals surface area contributed by atoms with Crippen molar-refractivity contribution in [1.82, 2.24) is 0 Å². The van der Waals surface area contributed by atoms with Crippen LogP contribution in [0.1, 0.15) is 53.4 Å². The Morgan fingerprint density at radius 1 is 1.26 bits per heavy atom. The van der Waals surface area contributed by atoms with E-state index in [1.165, 1.54) is 19.1 Å². The van der Waals surface area contributed by atoms with Crippen LogP contribution in [0.5, 0.6) is 0 Å². The molecule has 3 fully saturated rings. The zero-order valence-corrected chi connectivity index (χ0v) is 20.6. The molecule has 9 atom stereocenters. The molecule has 0 spiro atoms. The van der Waals surface area contributed by atoms with Crippen LogP contribution in [0, 0.1) is 28.6 Å². The van der Waals surface area contributed by atoms with Crippen LogP contribution in [0.2, 0.25) is 0 Å². The van der Waals surface area contributed by atoms with Crippen molar-refractivity contribution in [1.29, 1.82) is 0 Å². The first-order valence-corrected chi connectivity index (χ1v) is 12.7. The predicted molar refractivity (Wildman–Crippen MR) is 121 cm³/mol. The van der Waals surface area contributed by atoms with Gasteiger partial charge in [-0.3, -0.25) is 14.4 Å². The minimum atomic E-state index is -2.30. The van der Waals surface area contributed by atoms with E-state index in [4.69, 9.17) is 4.74 Å². The Morgan fingerprint density at radius 2 is 1.94 bits per heavy atom. The summed E-state index contributed by atoms with van der Waals surface area (Å²) in [5.74, 6) is -3.30. The normalized spacial score (nSPS) is 47.4. The van der Waals surface area contributed by atoms with Gasteiger partial charge >= 0.3 is 5.97 Å². The number of carbonyl (C=O) groups excluding carboxylic acids is 3. The van der Waals surface area contributed by atoms with Crippen LogP contribution in [0.15, 0.2) is 23.8 Å². The molecule has 4 aliphatic carbocycles. The van der Waals surface area contributed by atoms with Gasteiger partial charge in [-0.25, -0.2) is 13.2 Å². The number of thioether (sulfide) groups is 1. The van der Waals surface area contributed by atoms with Gasteiger partial charge in [0.05, 0.1) is 6.10 Å². The summed E-state index contributed by atoms with van der Waals surface area (Å²) in [7, 11) is 0. The molecule has 0 aromatic heterocycles. The van der Waals surface area contributed by atoms with E-state index in [0.29, 0.717) is 11.8 Å². The number of hydrogen-bond acceptors (Lipinski definition) is 6. The number of halogens is 3. The molecule has 0 radical (unpaired) electrons. The predicted octanol–water partition coefficient (Wildman–Crippen LogP) is 4.43. The summed E-state index contributed by atoms with van der Waals surface area (Å²) in [4.78, 5) is 37.8. The maximum Gasteiger partial charge on any atom is 0.306 e. The summed E-state index contributed by atoms with van der Waals surface area (Å²) in [5.41, 5.74) is -6.84. The third-order valence-corrected chi connectivity index (χ3v) is 9.90. The molecule has 4 rings (SSSR count). The second-order valence-electron chi connectivity index (χ2n) is 10.6. The number of hydrogen-bond donors (Lipinski definition) is 1. The molecule has 0 unspecified atom stereocenters. The topological polar surface area (TPSA) is 80.7 Å². The smallest absolute Gasteiger partial charge is 0.306 e. The Kier molecular flexibility index (Phi) is 6.16. The molecular weight excluding hydrogens is 469 g/mol. The number of fused-ring (bicyclic) bond motifs is 5. The van der Waals surface area contributed by atoms with Gasteiger partial charge in [0.25, 0.3) is 0 Å². The second kappa shape index (κ2) is 8.22. The fourth-order valence-corrected chi connectivity index (χ4v) is 8.42. The van der Waals surface area contributed by atoms with Crippen molar-refractivity contribution < 1.29 is 37.4 Å². The van der Waals surface area contributed by atoms with Crippen LogP contribution in [-0.4, -0.2) is 51.5 Å². The van der Waals surface area contributed by atoms with Gasteiger partial charge in [0.1, 0.15) is 12.2 Å². The molecule has 4 aliphatic rings. The molecule has 9 heteroatoms. The number of rotatable bonds is 4. The highest BCUT2D eigenvalue weighted by Gasteiger charge is 2.78. The van der Waals surface area contributed by atoms with E-state index in [9.17, 15) is 23.9 Å². The van der Waals surface area contributed by atoms with Crippen LogP contribution in [0.3, 0.4) is 0 Å². The molecule has 0 heterocycles. The van der Waals surface area contributed by atoms with Gasteiger partial charge in [0.2, 0.25) is 5.12 Å². The third-order valence-electron chi connectivity index (χ3n) is 9.22. The summed E-state index contributed by atoms with van der Waals surface area (Å²) >= 11 is 0.396. The Balaban J connectivity index is 1.87. The minimum Gasteiger partial charge on any atom is -0.449 e. The molecule has 0 aromatic carbocycles. The van der Waals surface area contributed by atoms with Crippen molar-refractivity contribution >= 4 is 28.6 Å². The molecule has 0 amide bonds. The second-order valence-corrected chi connectivity index (χ2v) is 11.5. The first-order chi connectivity index (χ1) is 15.8. The maximum atomic E-state index is 17.2. The van der Waals surface area contributed by atoms with Crippen LogP contribution >= 0.6 is 11.8 Å². The Labute approximate surface area is 201 Å². The standard InChI is InChI=1S/C25H31F3O5S/c1-5-20(31)33-25(21(32)34-12-26)13(2)8-15-16-10-18(27)17-9-14(29)6-7-22(17,3)24(16,28)19(30)11-23(15,25)4/h6-7,9,13,15-16,18-19,30H,5,8,10-12H2,1-4H3/t13-,15-,16-,18-,19-,22-,23-,24-,25+/m0/s1. The Bertz CT molecular complexity index is 984. The van der Waals surface area contributed by atoms with Crippen molar-refractivity contribution in [2.75, 3.05) is 6.01 Å². The lowest BCUT2D eigenvalue weighted by molar-refractivity contribution is -0.228. The summed E-state index contributed by atoms with van der Waals surface area (Å²) < 4.78 is 51.8. The lowest BCUT2D eigenvalue weighted by Crippen LogP contribution is -2.70. The summed E-state index contributed by atoms with van der Waals surface area (Å²) in [5, 5.41) is 10.7. The van der Waals surface area contributed by atoms with E-state index in [-0.39, 0.29) is 31.3 Å². The number of aliphatic hydroxyl groups is 1. The van der Waals surface area contributed by atoms with E-state index >= 15 is 8.78 Å². The lowest BCUT2D eigenvalue weighted by Gasteiger charge is -2.63. The van der Waals surface area contributed by atoms with Gasteiger partial charge in [-0.2, -0.15) is 0 Å². The molecule has 188 valence electrons. The van der Waals surface area contributed by atoms with Gasteiger partial charge in [-0.05, 0) is 61.6 Å². The number of esters is 1. The van der Waals surface area contributed by atoms with E-state index in [0.717, 1.165) is 6.08 Å². The first kappa shape index (κ1) is 25.5. The summed E-state index contributed by atoms with van der Waals surface area (Å²) in [6.45, 7) is 6.45. The number of aliphatic hydroxyl groups excluding tert-OH is 1. The van der Waals surface area contributed by atoms with Gasteiger partial charge in [0, 0.05) is 29.1 Å². The van der Waals surface area contributed by atoms with Gasteiger partial charge < -0.3 is 9.84 Å². The van der Waals surface area contributed by atoms with E-state index in [2.05, 4.69) is 0 Å². The maximum absolute atomic E-state index is 17.2. The molecule has 0 saturated heterocycles. The van der Waals surface area contributed by atoms with E-state index in [1.807, 2.05) is 0 Å². The van der Waals surface area contributed by atoms with Crippen molar-refractivity contribution in [3.63, 3.8) is 0 Å². The fraction of sp³-hybridized carbons (Fsp3) is 0.720. The zero-order valence-electron chi connectivity index (χ0n) is 19.8. The highest BCUT2D eigenvalue weighted by molar-refractivity contribution is 8.13. The van der Waals surface area contributed by atoms with Crippen molar-refractivity contribution in [2.45, 2.75) is 76.9 Å². The molecule has 0 bridgehead atoms. The average Bonchev–Trinajstić information content (AvgIpc) is 2.99. The fourth-order valence-electron chi connectivity index (χ4n) is 7.63. The molecule has 5 nitrogen and oxygen atoms in total. The highest BCUT2D eigenvalue weighted by atomic mass is 32.2. The van der Waals surface area contributed by atoms with Gasteiger partial charge in [0.15, 0.2) is 17.1 Å². The van der Waals surface area contributed by atoms with Crippen LogP contribution in [0.4, 0.5) is 13.2 Å². The van der Waals surface area contributed by atoms with Gasteiger partial charge in [-0.15, -0.1) is 0 Å². The first-order valence-electron chi connectivity index (χ1n) is 11.7. The SMILES string of the molecule is CCC(=O)O[C@@]1(C(=O)SCF)[C@@H](C)C[C@H]2[C@@H]3C[C@H](F)C4=CC(=O)C=C[C@]4(C)[C@@]3(F)[C@@H](O)C[C@@]21C. The number of allylic oxidation sites excluding steroid dienone is 4. The van der Waals surface area contributed by atoms with Gasteiger partial charge in [-0.1, -0.05) is 26.8 Å². The zero-order chi connectivity index (χ0) is 25.3. The number of ketones is 1. The molecule has 0 aliphatic heterocycles. The van der Waals surface area contributed by atoms with Crippen LogP contribution in [0.25, 0.3) is 0 Å². The van der Waals surface area contributed by atoms with Crippen molar-refractivity contribution in [3.05, 3.63) is 23.8 Å². The van der Waals surface area contributed by atoms with E-state index < -0.39 is 75.0 Å². The Hall–Kier alpha value is -1.61. The summed E-state index contributed by atoms with van der Waals surface area (Å²) in [6, 6.07) is -1.02. The number of alkyl halides is 3. The quantitative estimate of drug-likeness (QED) is 0.576. The molecule has 34 heavy (non-hydrogen) atoms. The lowest BCUT2D eigenvalue weighted by atomic mass is 9.44. The molecule has 3 saturated carbocycles. The molecule has 1 N–H and O–H groups in total. The van der Waals surface area contributed by atoms with Crippen LogP contribution < -0.4 is 0 Å². The van der Waals surface area contributed by atoms with Crippen LogP contribution in [-0.2, 0) is 19.1 Å². The molecular formula is C25H31F3O5S. The highest BCUT2D eigenvalue weighted by Crippen LogP contribution is 2.72. The van der Waals surface area contributed by atoms with Crippen molar-refractivity contribution in [3.8, 4) is 0 Å². The monoisotopic (exact) mass is 500 g/mol. The minimum absolute atomic E-state index is 0.0141. The van der Waals surface area contributed by atoms with Crippen molar-refractivity contribution in [2.24, 2.45) is 28.6 Å². The Morgan fingerprint density at radius 3 is 2.56 bits per heavy atom. The average molecular weight is 501 g/mol. The third kappa shape index (κ3) is 3.01. The molecule has 0 aromatic rings. The largest absolute Gasteiger partial charge is 0.449 e. The number of carbonyl (C=O) groups is 3. The van der Waals surface area contributed by atoms with E-state index in [1.54, 1.807) is 20.8 Å². The summed E-state index contributed by atoms with van der Waals surface area (Å²) in [6.07, 6.45) is 0.160.